The molecule has 8 heteroatoms. The third kappa shape index (κ3) is 4.57. The standard InChI is InChI=1S/C27H30FN5O2/c1-16(2)21-10-8-18(12-23(21)28)25(17-6-4-3-5-7-17)30-27(35)26-22-11-9-19(22)15-33(26)24(34)13-20-14-29-32-31-20/h3-8,10,12,14,16,19,22,25-26H,9,11,13,15H2,1-2H3,(H,30,35)(H,29,31,32)/t19-,22-,25-,26-/m0/s1. The van der Waals surface area contributed by atoms with Gasteiger partial charge in [0, 0.05) is 6.54 Å². The first-order valence-corrected chi connectivity index (χ1v) is 12.2. The molecule has 5 rings (SSSR count). The van der Waals surface area contributed by atoms with Crippen molar-refractivity contribution in [3.05, 3.63) is 82.9 Å². The molecule has 2 aromatic carbocycles. The lowest BCUT2D eigenvalue weighted by molar-refractivity contribution is -0.139. The molecule has 182 valence electrons. The minimum atomic E-state index is -0.542. The van der Waals surface area contributed by atoms with Crippen LogP contribution in [0.25, 0.3) is 0 Å². The molecule has 0 bridgehead atoms. The Kier molecular flexibility index (Phi) is 6.36. The highest BCUT2D eigenvalue weighted by atomic mass is 19.1. The molecule has 2 heterocycles. The van der Waals surface area contributed by atoms with Crippen LogP contribution in [-0.2, 0) is 16.0 Å². The predicted octanol–water partition coefficient (Wildman–Crippen LogP) is 3.75. The maximum absolute atomic E-state index is 14.9. The van der Waals surface area contributed by atoms with Crippen molar-refractivity contribution in [3.63, 3.8) is 0 Å². The van der Waals surface area contributed by atoms with Crippen molar-refractivity contribution in [2.45, 2.75) is 51.1 Å². The highest BCUT2D eigenvalue weighted by molar-refractivity contribution is 5.90. The van der Waals surface area contributed by atoms with Crippen LogP contribution >= 0.6 is 0 Å². The van der Waals surface area contributed by atoms with E-state index >= 15 is 0 Å². The number of hydrogen-bond acceptors (Lipinski definition) is 4. The van der Waals surface area contributed by atoms with Crippen LogP contribution in [0.3, 0.4) is 0 Å². The third-order valence-corrected chi connectivity index (χ3v) is 7.43. The van der Waals surface area contributed by atoms with Crippen molar-refractivity contribution in [2.75, 3.05) is 6.54 Å². The number of aromatic nitrogens is 3. The number of amides is 2. The molecular formula is C27H30FN5O2. The van der Waals surface area contributed by atoms with E-state index in [0.29, 0.717) is 29.3 Å². The highest BCUT2D eigenvalue weighted by Crippen LogP contribution is 2.45. The van der Waals surface area contributed by atoms with Crippen molar-refractivity contribution >= 4 is 11.8 Å². The number of aromatic amines is 1. The lowest BCUT2D eigenvalue weighted by atomic mass is 9.73. The molecule has 35 heavy (non-hydrogen) atoms. The molecule has 3 aromatic rings. The molecule has 7 nitrogen and oxygen atoms in total. The maximum atomic E-state index is 14.9. The number of benzene rings is 2. The van der Waals surface area contributed by atoms with Crippen molar-refractivity contribution < 1.29 is 14.0 Å². The first-order valence-electron chi connectivity index (χ1n) is 12.2. The summed E-state index contributed by atoms with van der Waals surface area (Å²) in [7, 11) is 0. The largest absolute Gasteiger partial charge is 0.343 e. The number of nitrogens with zero attached hydrogens (tertiary/aromatic N) is 3. The molecule has 4 atom stereocenters. The summed E-state index contributed by atoms with van der Waals surface area (Å²) < 4.78 is 14.9. The Bertz CT molecular complexity index is 1200. The van der Waals surface area contributed by atoms with E-state index in [4.69, 9.17) is 0 Å². The van der Waals surface area contributed by atoms with Crippen LogP contribution in [0, 0.1) is 17.7 Å². The van der Waals surface area contributed by atoms with Crippen molar-refractivity contribution in [2.24, 2.45) is 11.8 Å². The first-order chi connectivity index (χ1) is 16.9. The summed E-state index contributed by atoms with van der Waals surface area (Å²) in [5, 5.41) is 13.4. The maximum Gasteiger partial charge on any atom is 0.243 e. The van der Waals surface area contributed by atoms with E-state index in [1.165, 1.54) is 12.3 Å². The molecule has 1 saturated heterocycles. The second-order valence-corrected chi connectivity index (χ2v) is 9.92. The van der Waals surface area contributed by atoms with E-state index in [2.05, 4.69) is 20.7 Å². The number of likely N-dealkylation sites (tertiary alicyclic amines) is 1. The molecule has 0 radical (unpaired) electrons. The normalized spacial score (nSPS) is 21.9. The van der Waals surface area contributed by atoms with Crippen LogP contribution in [0.4, 0.5) is 4.39 Å². The fourth-order valence-corrected chi connectivity index (χ4v) is 5.42. The van der Waals surface area contributed by atoms with Gasteiger partial charge in [-0.2, -0.15) is 15.4 Å². The number of nitrogens with one attached hydrogen (secondary N) is 2. The van der Waals surface area contributed by atoms with E-state index in [9.17, 15) is 14.0 Å². The average Bonchev–Trinajstić information content (AvgIpc) is 3.43. The molecule has 1 saturated carbocycles. The average molecular weight is 476 g/mol. The second kappa shape index (κ2) is 9.60. The summed E-state index contributed by atoms with van der Waals surface area (Å²) in [6.07, 6.45) is 3.57. The zero-order valence-corrected chi connectivity index (χ0v) is 19.9. The fraction of sp³-hybridized carbons (Fsp3) is 0.407. The van der Waals surface area contributed by atoms with Gasteiger partial charge in [-0.25, -0.2) is 4.39 Å². The van der Waals surface area contributed by atoms with Crippen molar-refractivity contribution in [3.8, 4) is 0 Å². The third-order valence-electron chi connectivity index (χ3n) is 7.43. The van der Waals surface area contributed by atoms with Crippen LogP contribution in [0.2, 0.25) is 0 Å². The SMILES string of the molecule is CC(C)c1ccc([C@@H](NC(=O)[C@@H]2[C@H]3CC[C@H]3CN2C(=O)Cc2cn[nH]n2)c2ccccc2)cc1F. The summed E-state index contributed by atoms with van der Waals surface area (Å²) in [5.74, 6) is -0.0632. The zero-order chi connectivity index (χ0) is 24.5. The quantitative estimate of drug-likeness (QED) is 0.545. The summed E-state index contributed by atoms with van der Waals surface area (Å²) in [6.45, 7) is 4.48. The molecule has 0 spiro atoms. The van der Waals surface area contributed by atoms with Crippen LogP contribution in [0.5, 0.6) is 0 Å². The van der Waals surface area contributed by atoms with E-state index < -0.39 is 12.1 Å². The molecule has 0 unspecified atom stereocenters. The number of rotatable bonds is 7. The van der Waals surface area contributed by atoms with Crippen LogP contribution < -0.4 is 5.32 Å². The highest BCUT2D eigenvalue weighted by Gasteiger charge is 2.52. The summed E-state index contributed by atoms with van der Waals surface area (Å²) in [5.41, 5.74) is 2.73. The Morgan fingerprint density at radius 1 is 1.14 bits per heavy atom. The van der Waals surface area contributed by atoms with Gasteiger partial charge < -0.3 is 10.2 Å². The zero-order valence-electron chi connectivity index (χ0n) is 19.9. The fourth-order valence-electron chi connectivity index (χ4n) is 5.42. The van der Waals surface area contributed by atoms with Gasteiger partial charge >= 0.3 is 0 Å². The molecule has 1 aliphatic heterocycles. The van der Waals surface area contributed by atoms with Gasteiger partial charge in [0.15, 0.2) is 0 Å². The van der Waals surface area contributed by atoms with Gasteiger partial charge in [0.25, 0.3) is 0 Å². The minimum Gasteiger partial charge on any atom is -0.343 e. The number of halogens is 1. The Hall–Kier alpha value is -3.55. The Morgan fingerprint density at radius 2 is 1.94 bits per heavy atom. The van der Waals surface area contributed by atoms with E-state index in [1.807, 2.05) is 50.2 Å². The lowest BCUT2D eigenvalue weighted by Crippen LogP contribution is -2.50. The molecule has 2 amide bonds. The van der Waals surface area contributed by atoms with Crippen LogP contribution in [0.15, 0.2) is 54.7 Å². The molecule has 1 aliphatic carbocycles. The minimum absolute atomic E-state index is 0.0622. The Morgan fingerprint density at radius 3 is 2.57 bits per heavy atom. The number of carbonyl (C=O) groups excluding carboxylic acids is 2. The summed E-state index contributed by atoms with van der Waals surface area (Å²) in [4.78, 5) is 28.6. The van der Waals surface area contributed by atoms with Gasteiger partial charge in [0.2, 0.25) is 11.8 Å². The number of H-pyrrole nitrogens is 1. The number of fused-ring (bicyclic) bond motifs is 1. The Labute approximate surface area is 204 Å². The van der Waals surface area contributed by atoms with Crippen molar-refractivity contribution in [1.29, 1.82) is 0 Å². The van der Waals surface area contributed by atoms with Gasteiger partial charge in [0.05, 0.1) is 24.4 Å². The molecule has 2 aliphatic rings. The molecule has 2 fully saturated rings. The summed E-state index contributed by atoms with van der Waals surface area (Å²) in [6, 6.07) is 13.7. The number of hydrogen-bond donors (Lipinski definition) is 2. The van der Waals surface area contributed by atoms with E-state index in [0.717, 1.165) is 18.4 Å². The van der Waals surface area contributed by atoms with Crippen LogP contribution in [0.1, 0.15) is 61.0 Å². The van der Waals surface area contributed by atoms with Gasteiger partial charge in [-0.1, -0.05) is 56.3 Å². The van der Waals surface area contributed by atoms with Gasteiger partial charge in [-0.05, 0) is 53.4 Å². The van der Waals surface area contributed by atoms with E-state index in [-0.39, 0.29) is 35.9 Å². The first kappa shape index (κ1) is 23.2. The lowest BCUT2D eigenvalue weighted by Gasteiger charge is -2.34. The van der Waals surface area contributed by atoms with Gasteiger partial charge in [0.1, 0.15) is 11.9 Å². The predicted molar refractivity (Wildman–Crippen MR) is 129 cm³/mol. The summed E-state index contributed by atoms with van der Waals surface area (Å²) >= 11 is 0. The monoisotopic (exact) mass is 475 g/mol. The Balaban J connectivity index is 1.42. The molecule has 2 N–H and O–H groups in total. The van der Waals surface area contributed by atoms with Crippen molar-refractivity contribution in [1.82, 2.24) is 25.6 Å². The molecule has 1 aromatic heterocycles. The van der Waals surface area contributed by atoms with Gasteiger partial charge in [-0.3, -0.25) is 9.59 Å². The topological polar surface area (TPSA) is 91.0 Å². The van der Waals surface area contributed by atoms with E-state index in [1.54, 1.807) is 11.0 Å². The molecular weight excluding hydrogens is 445 g/mol. The smallest absolute Gasteiger partial charge is 0.243 e. The van der Waals surface area contributed by atoms with Crippen LogP contribution in [-0.4, -0.2) is 44.7 Å². The second-order valence-electron chi connectivity index (χ2n) is 9.92. The van der Waals surface area contributed by atoms with Gasteiger partial charge in [-0.15, -0.1) is 0 Å². The number of carbonyl (C=O) groups is 2.